The van der Waals surface area contributed by atoms with Gasteiger partial charge in [-0.2, -0.15) is 18.3 Å². The van der Waals surface area contributed by atoms with E-state index in [1.807, 2.05) is 47.8 Å². The molecule has 2 N–H and O–H groups in total. The van der Waals surface area contributed by atoms with Crippen LogP contribution in [0.15, 0.2) is 78.7 Å². The number of anilines is 1. The molecule has 0 aliphatic rings. The fraction of sp³-hybridized carbons (Fsp3) is 0.136. The number of carbonyl (C=O) groups is 1. The Kier molecular flexibility index (Phi) is 6.33. The van der Waals surface area contributed by atoms with Crippen LogP contribution in [0.4, 0.5) is 18.9 Å². The maximum atomic E-state index is 13.2. The van der Waals surface area contributed by atoms with Crippen LogP contribution >= 0.6 is 11.3 Å². The van der Waals surface area contributed by atoms with Gasteiger partial charge in [0.1, 0.15) is 12.7 Å². The van der Waals surface area contributed by atoms with Crippen molar-refractivity contribution in [1.82, 2.24) is 20.1 Å². The van der Waals surface area contributed by atoms with Gasteiger partial charge in [-0.3, -0.25) is 10.1 Å². The molecule has 32 heavy (non-hydrogen) atoms. The fourth-order valence-corrected chi connectivity index (χ4v) is 4.04. The minimum atomic E-state index is -4.55. The Balaban J connectivity index is 1.54. The molecular weight excluding hydrogens is 439 g/mol. The van der Waals surface area contributed by atoms with Crippen LogP contribution < -0.4 is 10.6 Å². The van der Waals surface area contributed by atoms with Gasteiger partial charge in [0, 0.05) is 4.88 Å². The summed E-state index contributed by atoms with van der Waals surface area (Å²) in [6.45, 7) is -0.107. The number of nitrogens with one attached hydrogen (secondary N) is 2. The molecule has 4 aromatic rings. The number of hydrogen-bond acceptors (Lipinski definition) is 5. The molecule has 0 fully saturated rings. The molecule has 0 aliphatic carbocycles. The molecule has 0 radical (unpaired) electrons. The second kappa shape index (κ2) is 9.33. The van der Waals surface area contributed by atoms with E-state index in [0.29, 0.717) is 0 Å². The molecule has 1 amide bonds. The second-order valence-electron chi connectivity index (χ2n) is 6.86. The van der Waals surface area contributed by atoms with Gasteiger partial charge >= 0.3 is 6.18 Å². The lowest BCUT2D eigenvalue weighted by atomic mass is 10.1. The average molecular weight is 457 g/mol. The Morgan fingerprint density at radius 1 is 1.09 bits per heavy atom. The first-order chi connectivity index (χ1) is 15.4. The van der Waals surface area contributed by atoms with Crippen molar-refractivity contribution >= 4 is 22.9 Å². The molecule has 0 saturated heterocycles. The molecule has 6 nitrogen and oxygen atoms in total. The van der Waals surface area contributed by atoms with Gasteiger partial charge in [0.05, 0.1) is 29.5 Å². The number of halogens is 3. The summed E-state index contributed by atoms with van der Waals surface area (Å²) >= 11 is 1.55. The predicted molar refractivity (Wildman–Crippen MR) is 116 cm³/mol. The van der Waals surface area contributed by atoms with Crippen molar-refractivity contribution < 1.29 is 18.0 Å². The predicted octanol–water partition coefficient (Wildman–Crippen LogP) is 4.67. The van der Waals surface area contributed by atoms with Gasteiger partial charge in [-0.1, -0.05) is 36.4 Å². The monoisotopic (exact) mass is 457 g/mol. The maximum absolute atomic E-state index is 13.2. The fourth-order valence-electron chi connectivity index (χ4n) is 3.22. The van der Waals surface area contributed by atoms with E-state index < -0.39 is 17.6 Å². The second-order valence-corrected chi connectivity index (χ2v) is 7.84. The number of amides is 1. The van der Waals surface area contributed by atoms with E-state index in [9.17, 15) is 18.0 Å². The van der Waals surface area contributed by atoms with Gasteiger partial charge in [0.25, 0.3) is 0 Å². The number of hydrogen-bond donors (Lipinski definition) is 2. The number of rotatable bonds is 7. The van der Waals surface area contributed by atoms with E-state index in [-0.39, 0.29) is 24.0 Å². The Labute approximate surface area is 185 Å². The van der Waals surface area contributed by atoms with Crippen LogP contribution in [0.1, 0.15) is 22.0 Å². The van der Waals surface area contributed by atoms with Crippen LogP contribution in [0.2, 0.25) is 0 Å². The molecular formula is C22H18F3N5OS. The summed E-state index contributed by atoms with van der Waals surface area (Å²) in [5.41, 5.74) is 0.377. The van der Waals surface area contributed by atoms with E-state index in [1.165, 1.54) is 23.4 Å². The van der Waals surface area contributed by atoms with Crippen molar-refractivity contribution in [2.45, 2.75) is 12.2 Å². The first kappa shape index (κ1) is 21.7. The summed E-state index contributed by atoms with van der Waals surface area (Å²) in [5, 5.41) is 11.7. The third-order valence-electron chi connectivity index (χ3n) is 4.69. The van der Waals surface area contributed by atoms with E-state index in [1.54, 1.807) is 11.3 Å². The van der Waals surface area contributed by atoms with Crippen molar-refractivity contribution in [2.75, 3.05) is 11.9 Å². The largest absolute Gasteiger partial charge is 0.416 e. The third-order valence-corrected chi connectivity index (χ3v) is 5.63. The normalized spacial score (nSPS) is 12.5. The van der Waals surface area contributed by atoms with Crippen molar-refractivity contribution in [3.8, 4) is 5.69 Å². The first-order valence-electron chi connectivity index (χ1n) is 9.59. The highest BCUT2D eigenvalue weighted by molar-refractivity contribution is 7.10. The lowest BCUT2D eigenvalue weighted by molar-refractivity contribution is -0.137. The molecule has 0 saturated carbocycles. The van der Waals surface area contributed by atoms with Gasteiger partial charge in [-0.05, 0) is 35.2 Å². The molecule has 4 rings (SSSR count). The summed E-state index contributed by atoms with van der Waals surface area (Å²) < 4.78 is 41.0. The number of carbonyl (C=O) groups excluding carboxylic acids is 1. The number of thiophene rings is 1. The van der Waals surface area contributed by atoms with Crippen LogP contribution in [0.3, 0.4) is 0 Å². The van der Waals surface area contributed by atoms with Gasteiger partial charge in [-0.25, -0.2) is 9.67 Å². The Hall–Kier alpha value is -3.50. The minimum absolute atomic E-state index is 0.00971. The van der Waals surface area contributed by atoms with Crippen LogP contribution in [0.25, 0.3) is 5.69 Å². The molecule has 0 aliphatic heterocycles. The van der Waals surface area contributed by atoms with Gasteiger partial charge < -0.3 is 5.32 Å². The summed E-state index contributed by atoms with van der Waals surface area (Å²) in [7, 11) is 0. The highest BCUT2D eigenvalue weighted by Gasteiger charge is 2.31. The van der Waals surface area contributed by atoms with Crippen LogP contribution in [-0.2, 0) is 11.0 Å². The molecule has 164 valence electrons. The Morgan fingerprint density at radius 2 is 1.91 bits per heavy atom. The van der Waals surface area contributed by atoms with Crippen molar-refractivity contribution in [1.29, 1.82) is 0 Å². The molecule has 2 aromatic carbocycles. The summed E-state index contributed by atoms with van der Waals surface area (Å²) in [6.07, 6.45) is -1.94. The van der Waals surface area contributed by atoms with Gasteiger partial charge in [0.2, 0.25) is 5.91 Å². The SMILES string of the molecule is O=C(CNC(c1ccccc1)c1cccs1)Nc1cc(C(F)(F)F)ccc1-n1cncn1. The summed E-state index contributed by atoms with van der Waals surface area (Å²) in [6, 6.07) is 16.4. The summed E-state index contributed by atoms with van der Waals surface area (Å²) in [4.78, 5) is 17.5. The molecule has 2 heterocycles. The van der Waals surface area contributed by atoms with Crippen LogP contribution in [0, 0.1) is 0 Å². The lowest BCUT2D eigenvalue weighted by Crippen LogP contribution is -2.32. The highest BCUT2D eigenvalue weighted by atomic mass is 32.1. The zero-order valence-corrected chi connectivity index (χ0v) is 17.4. The molecule has 0 spiro atoms. The van der Waals surface area contributed by atoms with E-state index in [0.717, 1.165) is 22.6 Å². The lowest BCUT2D eigenvalue weighted by Gasteiger charge is -2.19. The average Bonchev–Trinajstić information content (AvgIpc) is 3.49. The number of alkyl halides is 3. The van der Waals surface area contributed by atoms with Gasteiger partial charge in [0.15, 0.2) is 0 Å². The quantitative estimate of drug-likeness (QED) is 0.423. The van der Waals surface area contributed by atoms with E-state index >= 15 is 0 Å². The highest BCUT2D eigenvalue weighted by Crippen LogP contribution is 2.33. The standard InChI is InChI=1S/C22H18F3N5OS/c23-22(24,25)16-8-9-18(30-14-26-13-28-30)17(11-16)29-20(31)12-27-21(19-7-4-10-32-19)15-5-2-1-3-6-15/h1-11,13-14,21,27H,12H2,(H,29,31). The summed E-state index contributed by atoms with van der Waals surface area (Å²) in [5.74, 6) is -0.483. The zero-order valence-electron chi connectivity index (χ0n) is 16.6. The Morgan fingerprint density at radius 3 is 2.56 bits per heavy atom. The number of benzene rings is 2. The van der Waals surface area contributed by atoms with Crippen LogP contribution in [-0.4, -0.2) is 27.2 Å². The Bertz CT molecular complexity index is 1160. The van der Waals surface area contributed by atoms with Crippen molar-refractivity contribution in [3.63, 3.8) is 0 Å². The maximum Gasteiger partial charge on any atom is 0.416 e. The van der Waals surface area contributed by atoms with Crippen molar-refractivity contribution in [2.24, 2.45) is 0 Å². The molecule has 2 aromatic heterocycles. The zero-order chi connectivity index (χ0) is 22.6. The molecule has 10 heteroatoms. The van der Waals surface area contributed by atoms with Crippen molar-refractivity contribution in [3.05, 3.63) is 94.7 Å². The van der Waals surface area contributed by atoms with E-state index in [2.05, 4.69) is 20.7 Å². The van der Waals surface area contributed by atoms with E-state index in [4.69, 9.17) is 0 Å². The topological polar surface area (TPSA) is 71.8 Å². The minimum Gasteiger partial charge on any atom is -0.323 e. The molecule has 1 atom stereocenters. The first-order valence-corrected chi connectivity index (χ1v) is 10.5. The third kappa shape index (κ3) is 5.04. The molecule has 1 unspecified atom stereocenters. The molecule has 0 bridgehead atoms. The smallest absolute Gasteiger partial charge is 0.323 e. The van der Waals surface area contributed by atoms with Crippen LogP contribution in [0.5, 0.6) is 0 Å². The number of nitrogens with zero attached hydrogens (tertiary/aromatic N) is 3. The van der Waals surface area contributed by atoms with Gasteiger partial charge in [-0.15, -0.1) is 11.3 Å². The number of aromatic nitrogens is 3.